The number of likely N-dealkylation sites (tertiary alicyclic amines) is 1. The van der Waals surface area contributed by atoms with Gasteiger partial charge in [0.15, 0.2) is 0 Å². The minimum Gasteiger partial charge on any atom is -0.347 e. The van der Waals surface area contributed by atoms with Gasteiger partial charge in [-0.3, -0.25) is 9.59 Å². The Bertz CT molecular complexity index is 544. The molecule has 1 fully saturated rings. The number of amides is 2. The molecule has 0 unspecified atom stereocenters. The highest BCUT2D eigenvalue weighted by molar-refractivity contribution is 5.86. The van der Waals surface area contributed by atoms with Crippen molar-refractivity contribution in [3.8, 4) is 0 Å². The topological polar surface area (TPSA) is 49.4 Å². The molecule has 1 aliphatic heterocycles. The molecule has 4 nitrogen and oxygen atoms in total. The largest absolute Gasteiger partial charge is 0.347 e. The second kappa shape index (κ2) is 8.86. The van der Waals surface area contributed by atoms with E-state index in [0.29, 0.717) is 5.92 Å². The number of rotatable bonds is 7. The summed E-state index contributed by atoms with van der Waals surface area (Å²) in [6.45, 7) is 6.97. The summed E-state index contributed by atoms with van der Waals surface area (Å²) in [5, 5.41) is 2.80. The van der Waals surface area contributed by atoms with E-state index >= 15 is 0 Å². The molecule has 0 aromatic heterocycles. The number of hydrogen-bond acceptors (Lipinski definition) is 2. The van der Waals surface area contributed by atoms with Crippen molar-refractivity contribution in [2.45, 2.75) is 58.4 Å². The van der Waals surface area contributed by atoms with Crippen LogP contribution < -0.4 is 5.32 Å². The molecule has 24 heavy (non-hydrogen) atoms. The zero-order valence-electron chi connectivity index (χ0n) is 15.1. The average molecular weight is 330 g/mol. The molecule has 1 aromatic carbocycles. The molecule has 1 aromatic rings. The van der Waals surface area contributed by atoms with Crippen molar-refractivity contribution in [2.24, 2.45) is 5.92 Å². The van der Waals surface area contributed by atoms with Gasteiger partial charge in [0.25, 0.3) is 0 Å². The van der Waals surface area contributed by atoms with Crippen LogP contribution in [-0.2, 0) is 9.59 Å². The lowest BCUT2D eigenvalue weighted by Crippen LogP contribution is -2.45. The summed E-state index contributed by atoms with van der Waals surface area (Å²) in [6.07, 6.45) is 3.88. The zero-order chi connectivity index (χ0) is 17.5. The molecular weight excluding hydrogens is 300 g/mol. The Kier molecular flexibility index (Phi) is 6.83. The molecule has 4 heteroatoms. The molecule has 0 aliphatic carbocycles. The van der Waals surface area contributed by atoms with E-state index in [1.807, 2.05) is 24.8 Å². The molecular formula is C20H30N2O2. The Morgan fingerprint density at radius 2 is 1.92 bits per heavy atom. The van der Waals surface area contributed by atoms with Gasteiger partial charge in [-0.15, -0.1) is 0 Å². The SMILES string of the molecule is CC[C@H](c1ccccc1)[C@@H]1CCCN1C(=O)CNC(=O)[C@@H](C)CC. The van der Waals surface area contributed by atoms with Crippen LogP contribution >= 0.6 is 0 Å². The smallest absolute Gasteiger partial charge is 0.242 e. The summed E-state index contributed by atoms with van der Waals surface area (Å²) in [6, 6.07) is 10.7. The first kappa shape index (κ1) is 18.5. The van der Waals surface area contributed by atoms with Crippen LogP contribution in [0.4, 0.5) is 0 Å². The Balaban J connectivity index is 2.01. The zero-order valence-corrected chi connectivity index (χ0v) is 15.1. The molecule has 2 amide bonds. The fourth-order valence-electron chi connectivity index (χ4n) is 3.57. The molecule has 3 atom stereocenters. The van der Waals surface area contributed by atoms with E-state index in [0.717, 1.165) is 32.2 Å². The molecule has 0 spiro atoms. The standard InChI is InChI=1S/C20H30N2O2/c1-4-15(3)20(24)21-14-19(23)22-13-9-12-18(22)17(5-2)16-10-7-6-8-11-16/h6-8,10-11,15,17-18H,4-5,9,12-14H2,1-3H3,(H,21,24)/t15-,17+,18-/m0/s1. The fourth-order valence-corrected chi connectivity index (χ4v) is 3.57. The maximum Gasteiger partial charge on any atom is 0.242 e. The van der Waals surface area contributed by atoms with Crippen LogP contribution in [0, 0.1) is 5.92 Å². The van der Waals surface area contributed by atoms with Crippen molar-refractivity contribution >= 4 is 11.8 Å². The van der Waals surface area contributed by atoms with Gasteiger partial charge in [0, 0.05) is 24.4 Å². The first-order valence-corrected chi connectivity index (χ1v) is 9.20. The lowest BCUT2D eigenvalue weighted by atomic mass is 9.87. The van der Waals surface area contributed by atoms with E-state index in [-0.39, 0.29) is 30.3 Å². The van der Waals surface area contributed by atoms with Crippen molar-refractivity contribution in [2.75, 3.05) is 13.1 Å². The molecule has 1 N–H and O–H groups in total. The summed E-state index contributed by atoms with van der Waals surface area (Å²) in [5.41, 5.74) is 1.30. The van der Waals surface area contributed by atoms with Gasteiger partial charge in [-0.2, -0.15) is 0 Å². The van der Waals surface area contributed by atoms with Gasteiger partial charge in [0.2, 0.25) is 11.8 Å². The molecule has 0 radical (unpaired) electrons. The molecule has 1 aliphatic rings. The lowest BCUT2D eigenvalue weighted by molar-refractivity contribution is -0.134. The Hall–Kier alpha value is -1.84. The lowest BCUT2D eigenvalue weighted by Gasteiger charge is -2.32. The van der Waals surface area contributed by atoms with E-state index in [2.05, 4.69) is 36.5 Å². The van der Waals surface area contributed by atoms with Crippen LogP contribution in [0.2, 0.25) is 0 Å². The average Bonchev–Trinajstić information content (AvgIpc) is 3.09. The maximum absolute atomic E-state index is 12.6. The first-order chi connectivity index (χ1) is 11.6. The van der Waals surface area contributed by atoms with Crippen LogP contribution in [0.15, 0.2) is 30.3 Å². The van der Waals surface area contributed by atoms with Gasteiger partial charge in [-0.05, 0) is 31.2 Å². The van der Waals surface area contributed by atoms with Gasteiger partial charge >= 0.3 is 0 Å². The van der Waals surface area contributed by atoms with Crippen molar-refractivity contribution < 1.29 is 9.59 Å². The van der Waals surface area contributed by atoms with Crippen molar-refractivity contribution in [1.82, 2.24) is 10.2 Å². The monoisotopic (exact) mass is 330 g/mol. The normalized spacial score (nSPS) is 19.8. The summed E-state index contributed by atoms with van der Waals surface area (Å²) in [5.74, 6) is 0.336. The van der Waals surface area contributed by atoms with Gasteiger partial charge in [-0.1, -0.05) is 51.1 Å². The van der Waals surface area contributed by atoms with E-state index in [1.165, 1.54) is 5.56 Å². The van der Waals surface area contributed by atoms with Crippen LogP contribution in [-0.4, -0.2) is 35.8 Å². The van der Waals surface area contributed by atoms with Crippen molar-refractivity contribution in [3.63, 3.8) is 0 Å². The third kappa shape index (κ3) is 4.37. The highest BCUT2D eigenvalue weighted by Crippen LogP contribution is 2.33. The predicted molar refractivity (Wildman–Crippen MR) is 96.7 cm³/mol. The molecule has 1 heterocycles. The predicted octanol–water partition coefficient (Wildman–Crippen LogP) is 3.33. The number of hydrogen-bond donors (Lipinski definition) is 1. The molecule has 2 rings (SSSR count). The quantitative estimate of drug-likeness (QED) is 0.833. The molecule has 0 bridgehead atoms. The molecule has 0 saturated carbocycles. The minimum absolute atomic E-state index is 0.0308. The van der Waals surface area contributed by atoms with Crippen LogP contribution in [0.3, 0.4) is 0 Å². The van der Waals surface area contributed by atoms with Crippen molar-refractivity contribution in [3.05, 3.63) is 35.9 Å². The van der Waals surface area contributed by atoms with E-state index in [1.54, 1.807) is 0 Å². The fraction of sp³-hybridized carbons (Fsp3) is 0.600. The molecule has 132 valence electrons. The van der Waals surface area contributed by atoms with Crippen LogP contribution in [0.1, 0.15) is 57.9 Å². The third-order valence-electron chi connectivity index (χ3n) is 5.23. The number of nitrogens with zero attached hydrogens (tertiary/aromatic N) is 1. The second-order valence-electron chi connectivity index (χ2n) is 6.75. The number of benzene rings is 1. The number of carbonyl (C=O) groups is 2. The van der Waals surface area contributed by atoms with E-state index < -0.39 is 0 Å². The number of nitrogens with one attached hydrogen (secondary N) is 1. The van der Waals surface area contributed by atoms with E-state index in [4.69, 9.17) is 0 Å². The highest BCUT2D eigenvalue weighted by atomic mass is 16.2. The third-order valence-corrected chi connectivity index (χ3v) is 5.23. The summed E-state index contributed by atoms with van der Waals surface area (Å²) in [7, 11) is 0. The van der Waals surface area contributed by atoms with E-state index in [9.17, 15) is 9.59 Å². The van der Waals surface area contributed by atoms with Crippen LogP contribution in [0.5, 0.6) is 0 Å². The van der Waals surface area contributed by atoms with Crippen molar-refractivity contribution in [1.29, 1.82) is 0 Å². The summed E-state index contributed by atoms with van der Waals surface area (Å²) in [4.78, 5) is 26.5. The number of carbonyl (C=O) groups excluding carboxylic acids is 2. The Morgan fingerprint density at radius 3 is 2.54 bits per heavy atom. The Morgan fingerprint density at radius 1 is 1.21 bits per heavy atom. The van der Waals surface area contributed by atoms with Crippen LogP contribution in [0.25, 0.3) is 0 Å². The Labute approximate surface area is 145 Å². The van der Waals surface area contributed by atoms with Gasteiger partial charge in [-0.25, -0.2) is 0 Å². The second-order valence-corrected chi connectivity index (χ2v) is 6.75. The highest BCUT2D eigenvalue weighted by Gasteiger charge is 2.34. The summed E-state index contributed by atoms with van der Waals surface area (Å²) >= 11 is 0. The molecule has 1 saturated heterocycles. The maximum atomic E-state index is 12.6. The van der Waals surface area contributed by atoms with Gasteiger partial charge < -0.3 is 10.2 Å². The van der Waals surface area contributed by atoms with Gasteiger partial charge in [0.05, 0.1) is 6.54 Å². The minimum atomic E-state index is -0.0418. The first-order valence-electron chi connectivity index (χ1n) is 9.20. The van der Waals surface area contributed by atoms with Gasteiger partial charge in [0.1, 0.15) is 0 Å². The summed E-state index contributed by atoms with van der Waals surface area (Å²) < 4.78 is 0.